The standard InChI is InChI=1S/C27H34F6O3/c1-3-6-18(19-9-10-21(15-34)22(14-19)16-35)13-20-8-5-7-17(4-2)23(20)11-12-24(36)25(26(28,29)30)27(31,32)33/h5,7-10,14,18,24-25,34-36H,3-4,6,11-13,15-16H2,1-2H3. The molecule has 0 fully saturated rings. The van der Waals surface area contributed by atoms with Crippen LogP contribution < -0.4 is 0 Å². The Morgan fingerprint density at radius 3 is 1.92 bits per heavy atom. The van der Waals surface area contributed by atoms with Crippen molar-refractivity contribution in [3.8, 4) is 0 Å². The van der Waals surface area contributed by atoms with Gasteiger partial charge in [0.2, 0.25) is 0 Å². The van der Waals surface area contributed by atoms with E-state index in [9.17, 15) is 41.7 Å². The van der Waals surface area contributed by atoms with Crippen LogP contribution in [0.5, 0.6) is 0 Å². The molecule has 0 bridgehead atoms. The van der Waals surface area contributed by atoms with Gasteiger partial charge >= 0.3 is 12.4 Å². The number of aryl methyl sites for hydroxylation is 1. The molecular formula is C27H34F6O3. The van der Waals surface area contributed by atoms with Crippen molar-refractivity contribution in [2.45, 2.75) is 90.0 Å². The van der Waals surface area contributed by atoms with E-state index in [-0.39, 0.29) is 25.6 Å². The van der Waals surface area contributed by atoms with Crippen molar-refractivity contribution in [3.05, 3.63) is 69.8 Å². The first-order valence-electron chi connectivity index (χ1n) is 12.1. The van der Waals surface area contributed by atoms with Crippen molar-refractivity contribution in [1.82, 2.24) is 0 Å². The van der Waals surface area contributed by atoms with Gasteiger partial charge in [-0.3, -0.25) is 0 Å². The maximum Gasteiger partial charge on any atom is 0.403 e. The van der Waals surface area contributed by atoms with Crippen LogP contribution in [0, 0.1) is 5.92 Å². The zero-order valence-corrected chi connectivity index (χ0v) is 20.5. The zero-order valence-electron chi connectivity index (χ0n) is 20.5. The van der Waals surface area contributed by atoms with E-state index in [4.69, 9.17) is 0 Å². The van der Waals surface area contributed by atoms with Crippen LogP contribution in [0.25, 0.3) is 0 Å². The maximum atomic E-state index is 13.1. The normalized spacial score (nSPS) is 14.3. The van der Waals surface area contributed by atoms with Crippen molar-refractivity contribution in [1.29, 1.82) is 0 Å². The molecule has 2 atom stereocenters. The Morgan fingerprint density at radius 2 is 1.39 bits per heavy atom. The first-order valence-corrected chi connectivity index (χ1v) is 12.1. The third kappa shape index (κ3) is 7.70. The molecule has 0 aliphatic carbocycles. The number of alkyl halides is 6. The SMILES string of the molecule is CCCC(Cc1cccc(CC)c1CCC(O)C(C(F)(F)F)C(F)(F)F)c1ccc(CO)c(CO)c1. The van der Waals surface area contributed by atoms with Crippen molar-refractivity contribution < 1.29 is 41.7 Å². The minimum absolute atomic E-state index is 0.0121. The molecule has 2 unspecified atom stereocenters. The minimum Gasteiger partial charge on any atom is -0.392 e. The number of benzene rings is 2. The molecule has 2 aromatic carbocycles. The quantitative estimate of drug-likeness (QED) is 0.284. The topological polar surface area (TPSA) is 60.7 Å². The highest BCUT2D eigenvalue weighted by Gasteiger charge is 2.59. The first-order chi connectivity index (χ1) is 16.9. The molecule has 3 N–H and O–H groups in total. The maximum absolute atomic E-state index is 13.1. The highest BCUT2D eigenvalue weighted by atomic mass is 19.4. The molecule has 0 aromatic heterocycles. The number of aliphatic hydroxyl groups excluding tert-OH is 3. The van der Waals surface area contributed by atoms with Crippen LogP contribution in [-0.4, -0.2) is 33.8 Å². The summed E-state index contributed by atoms with van der Waals surface area (Å²) >= 11 is 0. The molecule has 0 heterocycles. The van der Waals surface area contributed by atoms with E-state index in [1.165, 1.54) is 0 Å². The molecule has 2 aromatic rings. The number of aliphatic hydroxyl groups is 3. The van der Waals surface area contributed by atoms with E-state index in [1.54, 1.807) is 12.1 Å². The van der Waals surface area contributed by atoms with Crippen molar-refractivity contribution in [2.24, 2.45) is 5.92 Å². The molecule has 0 spiro atoms. The molecule has 3 nitrogen and oxygen atoms in total. The monoisotopic (exact) mass is 520 g/mol. The number of halogens is 6. The van der Waals surface area contributed by atoms with Gasteiger partial charge in [0.05, 0.1) is 19.3 Å². The largest absolute Gasteiger partial charge is 0.403 e. The summed E-state index contributed by atoms with van der Waals surface area (Å²) in [6.07, 6.45) is -11.9. The fourth-order valence-electron chi connectivity index (χ4n) is 4.81. The summed E-state index contributed by atoms with van der Waals surface area (Å²) in [6.45, 7) is 3.42. The summed E-state index contributed by atoms with van der Waals surface area (Å²) in [4.78, 5) is 0. The van der Waals surface area contributed by atoms with Gasteiger partial charge in [-0.05, 0) is 71.4 Å². The second kappa shape index (κ2) is 12.9. The van der Waals surface area contributed by atoms with E-state index in [0.717, 1.165) is 29.5 Å². The number of hydrogen-bond donors (Lipinski definition) is 3. The van der Waals surface area contributed by atoms with E-state index >= 15 is 0 Å². The molecule has 0 aliphatic rings. The second-order valence-corrected chi connectivity index (χ2v) is 9.11. The predicted octanol–water partition coefficient (Wildman–Crippen LogP) is 6.39. The van der Waals surface area contributed by atoms with Gasteiger partial charge in [0.25, 0.3) is 0 Å². The Labute approximate surface area is 207 Å². The Bertz CT molecular complexity index is 957. The second-order valence-electron chi connectivity index (χ2n) is 9.11. The van der Waals surface area contributed by atoms with Crippen molar-refractivity contribution in [3.63, 3.8) is 0 Å². The molecule has 0 saturated heterocycles. The fourth-order valence-corrected chi connectivity index (χ4v) is 4.81. The van der Waals surface area contributed by atoms with Crippen molar-refractivity contribution in [2.75, 3.05) is 0 Å². The fraction of sp³-hybridized carbons (Fsp3) is 0.556. The van der Waals surface area contributed by atoms with Gasteiger partial charge in [0.15, 0.2) is 5.92 Å². The Hall–Kier alpha value is -2.10. The third-order valence-corrected chi connectivity index (χ3v) is 6.68. The average Bonchev–Trinajstić information content (AvgIpc) is 2.80. The van der Waals surface area contributed by atoms with Crippen molar-refractivity contribution >= 4 is 0 Å². The lowest BCUT2D eigenvalue weighted by Gasteiger charge is -2.28. The summed E-state index contributed by atoms with van der Waals surface area (Å²) in [5.41, 5.74) is 4.44. The van der Waals surface area contributed by atoms with Gasteiger partial charge in [0.1, 0.15) is 0 Å². The summed E-state index contributed by atoms with van der Waals surface area (Å²) in [5.74, 6) is -3.81. The van der Waals surface area contributed by atoms with Crippen LogP contribution in [0.3, 0.4) is 0 Å². The lowest BCUT2D eigenvalue weighted by molar-refractivity contribution is -0.306. The molecule has 36 heavy (non-hydrogen) atoms. The number of hydrogen-bond acceptors (Lipinski definition) is 3. The van der Waals surface area contributed by atoms with Crippen LogP contribution in [0.1, 0.15) is 72.4 Å². The van der Waals surface area contributed by atoms with Crippen LogP contribution >= 0.6 is 0 Å². The average molecular weight is 521 g/mol. The van der Waals surface area contributed by atoms with Gasteiger partial charge in [-0.25, -0.2) is 0 Å². The highest BCUT2D eigenvalue weighted by molar-refractivity contribution is 5.39. The minimum atomic E-state index is -5.60. The summed E-state index contributed by atoms with van der Waals surface area (Å²) in [6, 6.07) is 10.9. The molecular weight excluding hydrogens is 486 g/mol. The lowest BCUT2D eigenvalue weighted by atomic mass is 9.83. The van der Waals surface area contributed by atoms with Gasteiger partial charge in [0, 0.05) is 0 Å². The molecule has 9 heteroatoms. The Morgan fingerprint density at radius 1 is 0.778 bits per heavy atom. The van der Waals surface area contributed by atoms with Crippen LogP contribution in [0.2, 0.25) is 0 Å². The van der Waals surface area contributed by atoms with Crippen LogP contribution in [-0.2, 0) is 32.5 Å². The van der Waals surface area contributed by atoms with Gasteiger partial charge < -0.3 is 15.3 Å². The highest BCUT2D eigenvalue weighted by Crippen LogP contribution is 2.42. The van der Waals surface area contributed by atoms with E-state index in [1.807, 2.05) is 38.1 Å². The Balaban J connectivity index is 2.37. The van der Waals surface area contributed by atoms with Crippen LogP contribution in [0.4, 0.5) is 26.3 Å². The summed E-state index contributed by atoms with van der Waals surface area (Å²) in [7, 11) is 0. The van der Waals surface area contributed by atoms with E-state index in [0.29, 0.717) is 29.5 Å². The summed E-state index contributed by atoms with van der Waals surface area (Å²) < 4.78 is 78.4. The molecule has 2 rings (SSSR count). The first kappa shape index (κ1) is 30.1. The van der Waals surface area contributed by atoms with Crippen LogP contribution in [0.15, 0.2) is 36.4 Å². The Kier molecular flexibility index (Phi) is 10.8. The predicted molar refractivity (Wildman–Crippen MR) is 125 cm³/mol. The molecule has 202 valence electrons. The molecule has 0 aliphatic heterocycles. The zero-order chi connectivity index (χ0) is 27.1. The third-order valence-electron chi connectivity index (χ3n) is 6.68. The van der Waals surface area contributed by atoms with E-state index < -0.39 is 30.8 Å². The smallest absolute Gasteiger partial charge is 0.392 e. The lowest BCUT2D eigenvalue weighted by Crippen LogP contribution is -2.45. The molecule has 0 amide bonds. The van der Waals surface area contributed by atoms with Gasteiger partial charge in [-0.1, -0.05) is 56.7 Å². The molecule has 0 saturated carbocycles. The van der Waals surface area contributed by atoms with Gasteiger partial charge in [-0.2, -0.15) is 26.3 Å². The number of rotatable bonds is 12. The van der Waals surface area contributed by atoms with Gasteiger partial charge in [-0.15, -0.1) is 0 Å². The summed E-state index contributed by atoms with van der Waals surface area (Å²) in [5, 5.41) is 29.1. The molecule has 0 radical (unpaired) electrons. The van der Waals surface area contributed by atoms with E-state index in [2.05, 4.69) is 0 Å².